The summed E-state index contributed by atoms with van der Waals surface area (Å²) in [5, 5.41) is 4.35. The molecule has 0 unspecified atom stereocenters. The van der Waals surface area contributed by atoms with Gasteiger partial charge in [0.05, 0.1) is 18.0 Å². The summed E-state index contributed by atoms with van der Waals surface area (Å²) in [4.78, 5) is 12.6. The molecular weight excluding hydrogens is 384 g/mol. The first-order chi connectivity index (χ1) is 12.5. The molecule has 3 aromatic rings. The summed E-state index contributed by atoms with van der Waals surface area (Å²) in [5.74, 6) is 0.790. The maximum Gasteiger partial charge on any atom is 0.184 e. The van der Waals surface area contributed by atoms with Crippen LogP contribution in [0.1, 0.15) is 22.8 Å². The summed E-state index contributed by atoms with van der Waals surface area (Å²) in [5.41, 5.74) is 2.73. The molecule has 1 atom stereocenters. The number of carbonyl (C=O) groups is 1. The Morgan fingerprint density at radius 2 is 1.92 bits per heavy atom. The van der Waals surface area contributed by atoms with Crippen molar-refractivity contribution in [2.75, 3.05) is 7.11 Å². The number of ketones is 1. The van der Waals surface area contributed by atoms with Gasteiger partial charge in [0.1, 0.15) is 5.75 Å². The lowest BCUT2D eigenvalue weighted by Crippen LogP contribution is -2.13. The molecule has 0 spiro atoms. The fourth-order valence-electron chi connectivity index (χ4n) is 2.46. The van der Waals surface area contributed by atoms with Gasteiger partial charge in [-0.2, -0.15) is 0 Å². The van der Waals surface area contributed by atoms with Crippen molar-refractivity contribution < 1.29 is 9.53 Å². The zero-order valence-corrected chi connectivity index (χ0v) is 17.1. The van der Waals surface area contributed by atoms with Crippen LogP contribution in [0, 0.1) is 10.9 Å². The molecule has 0 radical (unpaired) electrons. The van der Waals surface area contributed by atoms with Crippen LogP contribution < -0.4 is 4.74 Å². The highest BCUT2D eigenvalue weighted by molar-refractivity contribution is 8.02. The van der Waals surface area contributed by atoms with Gasteiger partial charge < -0.3 is 4.74 Å². The van der Waals surface area contributed by atoms with Crippen LogP contribution in [0.15, 0.2) is 52.9 Å². The van der Waals surface area contributed by atoms with E-state index in [9.17, 15) is 4.79 Å². The minimum Gasteiger partial charge on any atom is -0.497 e. The van der Waals surface area contributed by atoms with E-state index in [-0.39, 0.29) is 11.0 Å². The summed E-state index contributed by atoms with van der Waals surface area (Å²) in [6, 6.07) is 15.1. The predicted molar refractivity (Wildman–Crippen MR) is 110 cm³/mol. The van der Waals surface area contributed by atoms with Crippen molar-refractivity contribution in [2.45, 2.75) is 23.4 Å². The fourth-order valence-corrected chi connectivity index (χ4v) is 5.02. The number of ether oxygens (including phenoxy) is 1. The second kappa shape index (κ2) is 8.16. The number of methoxy groups -OCH3 is 1. The van der Waals surface area contributed by atoms with Gasteiger partial charge in [0.25, 0.3) is 0 Å². The van der Waals surface area contributed by atoms with Crippen LogP contribution in [-0.4, -0.2) is 27.9 Å². The van der Waals surface area contributed by atoms with Crippen LogP contribution in [0.5, 0.6) is 5.75 Å². The van der Waals surface area contributed by atoms with E-state index in [0.29, 0.717) is 9.52 Å². The molecule has 3 rings (SSSR count). The minimum atomic E-state index is -0.255. The van der Waals surface area contributed by atoms with Crippen LogP contribution in [0.25, 0.3) is 5.69 Å². The summed E-state index contributed by atoms with van der Waals surface area (Å²) in [7, 11) is 1.61. The third kappa shape index (κ3) is 4.06. The predicted octanol–water partition coefficient (Wildman–Crippen LogP) is 5.34. The van der Waals surface area contributed by atoms with Crippen LogP contribution >= 0.6 is 35.3 Å². The number of aryl methyl sites for hydroxylation is 1. The molecule has 7 heteroatoms. The number of rotatable bonds is 6. The Bertz CT molecular complexity index is 977. The number of benzene rings is 2. The van der Waals surface area contributed by atoms with Crippen molar-refractivity contribution in [3.05, 3.63) is 63.6 Å². The first kappa shape index (κ1) is 18.8. The zero-order valence-electron chi connectivity index (χ0n) is 14.6. The van der Waals surface area contributed by atoms with Crippen LogP contribution in [0.4, 0.5) is 0 Å². The molecule has 0 aliphatic carbocycles. The van der Waals surface area contributed by atoms with E-state index in [1.165, 1.54) is 23.1 Å². The van der Waals surface area contributed by atoms with E-state index in [4.69, 9.17) is 17.0 Å². The van der Waals surface area contributed by atoms with Crippen molar-refractivity contribution in [3.63, 3.8) is 0 Å². The second-order valence-electron chi connectivity index (χ2n) is 5.68. The molecule has 1 heterocycles. The molecule has 0 fully saturated rings. The van der Waals surface area contributed by atoms with E-state index < -0.39 is 0 Å². The Morgan fingerprint density at radius 3 is 2.58 bits per heavy atom. The normalized spacial score (nSPS) is 12.0. The summed E-state index contributed by atoms with van der Waals surface area (Å²) in [6.07, 6.45) is 0. The molecule has 1 aromatic heterocycles. The fraction of sp³-hybridized carbons (Fsp3) is 0.211. The molecule has 0 bridgehead atoms. The number of carbonyl (C=O) groups excluding carboxylic acids is 1. The Morgan fingerprint density at radius 1 is 1.23 bits per heavy atom. The Hall–Kier alpha value is -1.96. The second-order valence-corrected chi connectivity index (χ2v) is 8.90. The van der Waals surface area contributed by atoms with Gasteiger partial charge in [0, 0.05) is 5.56 Å². The Balaban J connectivity index is 1.78. The molecule has 0 aliphatic heterocycles. The number of Topliss-reactive ketones (excluding diaryl/α,β-unsaturated/α-hetero) is 1. The smallest absolute Gasteiger partial charge is 0.184 e. The van der Waals surface area contributed by atoms with Crippen LogP contribution in [-0.2, 0) is 0 Å². The number of thioether (sulfide) groups is 1. The summed E-state index contributed by atoms with van der Waals surface area (Å²) < 4.78 is 8.36. The molecule has 26 heavy (non-hydrogen) atoms. The Kier molecular flexibility index (Phi) is 5.90. The first-order valence-corrected chi connectivity index (χ1v) is 10.1. The lowest BCUT2D eigenvalue weighted by atomic mass is 10.1. The van der Waals surface area contributed by atoms with E-state index in [2.05, 4.69) is 5.10 Å². The van der Waals surface area contributed by atoms with Crippen molar-refractivity contribution >= 4 is 41.1 Å². The van der Waals surface area contributed by atoms with Crippen LogP contribution in [0.3, 0.4) is 0 Å². The third-order valence-electron chi connectivity index (χ3n) is 3.89. The van der Waals surface area contributed by atoms with Crippen LogP contribution in [0.2, 0.25) is 0 Å². The monoisotopic (exact) mass is 402 g/mol. The van der Waals surface area contributed by atoms with Gasteiger partial charge in [0.2, 0.25) is 0 Å². The quantitative estimate of drug-likeness (QED) is 0.316. The lowest BCUT2D eigenvalue weighted by molar-refractivity contribution is 0.0994. The molecule has 0 amide bonds. The molecule has 0 N–H and O–H groups in total. The topological polar surface area (TPSA) is 44.1 Å². The first-order valence-electron chi connectivity index (χ1n) is 8.00. The molecule has 2 aromatic carbocycles. The largest absolute Gasteiger partial charge is 0.497 e. The summed E-state index contributed by atoms with van der Waals surface area (Å²) in [6.45, 7) is 3.92. The summed E-state index contributed by atoms with van der Waals surface area (Å²) >= 11 is 8.31. The van der Waals surface area contributed by atoms with Crippen molar-refractivity contribution in [1.82, 2.24) is 9.78 Å². The number of aromatic nitrogens is 2. The average molecular weight is 403 g/mol. The average Bonchev–Trinajstić information content (AvgIpc) is 3.01. The standard InChI is InChI=1S/C19H18N2O2S3/c1-12-6-4-5-7-16(12)21-19(24)26-18(20-21)25-13(2)17(22)14-8-10-15(23-3)11-9-14/h4-11,13H,1-3H3/t13-/m0/s1. The third-order valence-corrected chi connectivity index (χ3v) is 6.31. The lowest BCUT2D eigenvalue weighted by Gasteiger charge is -2.09. The molecule has 134 valence electrons. The van der Waals surface area contributed by atoms with Gasteiger partial charge in [-0.3, -0.25) is 4.79 Å². The maximum absolute atomic E-state index is 12.6. The van der Waals surface area contributed by atoms with E-state index >= 15 is 0 Å². The molecule has 0 saturated heterocycles. The van der Waals surface area contributed by atoms with Crippen molar-refractivity contribution in [1.29, 1.82) is 0 Å². The van der Waals surface area contributed by atoms with E-state index in [1.54, 1.807) is 36.1 Å². The molecular formula is C19H18N2O2S3. The van der Waals surface area contributed by atoms with Gasteiger partial charge in [0.15, 0.2) is 14.1 Å². The highest BCUT2D eigenvalue weighted by Gasteiger charge is 2.19. The van der Waals surface area contributed by atoms with Gasteiger partial charge in [-0.1, -0.05) is 41.3 Å². The highest BCUT2D eigenvalue weighted by Crippen LogP contribution is 2.30. The number of hydrogen-bond donors (Lipinski definition) is 0. The van der Waals surface area contributed by atoms with Gasteiger partial charge in [-0.15, -0.1) is 5.10 Å². The molecule has 4 nitrogen and oxygen atoms in total. The van der Waals surface area contributed by atoms with E-state index in [0.717, 1.165) is 21.3 Å². The Labute approximate surface area is 165 Å². The SMILES string of the molecule is COc1ccc(C(=O)[C@H](C)Sc2nn(-c3ccccc3C)c(=S)s2)cc1. The molecule has 0 saturated carbocycles. The van der Waals surface area contributed by atoms with Crippen molar-refractivity contribution in [3.8, 4) is 11.4 Å². The van der Waals surface area contributed by atoms with E-state index in [1.807, 2.05) is 38.1 Å². The van der Waals surface area contributed by atoms with Crippen molar-refractivity contribution in [2.24, 2.45) is 0 Å². The van der Waals surface area contributed by atoms with Gasteiger partial charge >= 0.3 is 0 Å². The minimum absolute atomic E-state index is 0.0567. The van der Waals surface area contributed by atoms with Gasteiger partial charge in [-0.05, 0) is 62.0 Å². The molecule has 0 aliphatic rings. The van der Waals surface area contributed by atoms with Gasteiger partial charge in [-0.25, -0.2) is 4.68 Å². The maximum atomic E-state index is 12.6. The number of nitrogens with zero attached hydrogens (tertiary/aromatic N) is 2. The number of para-hydroxylation sites is 1. The highest BCUT2D eigenvalue weighted by atomic mass is 32.2. The number of hydrogen-bond acceptors (Lipinski definition) is 6. The zero-order chi connectivity index (χ0) is 18.7.